The predicted molar refractivity (Wildman–Crippen MR) is 54.7 cm³/mol. The lowest BCUT2D eigenvalue weighted by atomic mass is 10.3. The van der Waals surface area contributed by atoms with Crippen LogP contribution < -0.4 is 0 Å². The zero-order chi connectivity index (χ0) is 9.30. The van der Waals surface area contributed by atoms with Crippen LogP contribution in [0.4, 0.5) is 8.78 Å². The van der Waals surface area contributed by atoms with Crippen LogP contribution in [0, 0.1) is 0 Å². The second kappa shape index (κ2) is 4.35. The maximum absolute atomic E-state index is 12.2. The molecular weight excluding hydrogens is 337 g/mol. The van der Waals surface area contributed by atoms with Crippen LogP contribution in [0.15, 0.2) is 10.5 Å². The Hall–Kier alpha value is 0.810. The van der Waals surface area contributed by atoms with Crippen LogP contribution in [0.1, 0.15) is 9.70 Å². The first-order chi connectivity index (χ1) is 5.52. The highest BCUT2D eigenvalue weighted by molar-refractivity contribution is 9.10. The van der Waals surface area contributed by atoms with Gasteiger partial charge in [-0.2, -0.15) is 0 Å². The molecule has 12 heavy (non-hydrogen) atoms. The average molecular weight is 340 g/mol. The Balaban J connectivity index is 2.89. The van der Waals surface area contributed by atoms with E-state index in [1.54, 1.807) is 6.07 Å². The molecule has 0 aromatic carbocycles. The summed E-state index contributed by atoms with van der Waals surface area (Å²) in [7, 11) is 0. The van der Waals surface area contributed by atoms with Crippen molar-refractivity contribution in [2.75, 3.05) is 0 Å². The summed E-state index contributed by atoms with van der Waals surface area (Å²) in [5.74, 6) is 0. The third-order valence-corrected chi connectivity index (χ3v) is 4.91. The van der Waals surface area contributed by atoms with Crippen molar-refractivity contribution in [3.63, 3.8) is 0 Å². The average Bonchev–Trinajstić information content (AvgIpc) is 2.30. The second-order valence-corrected chi connectivity index (χ2v) is 5.53. The summed E-state index contributed by atoms with van der Waals surface area (Å²) in [4.78, 5) is -0.395. The van der Waals surface area contributed by atoms with Crippen LogP contribution in [0.2, 0.25) is 4.34 Å². The maximum atomic E-state index is 12.2. The molecule has 0 aliphatic rings. The van der Waals surface area contributed by atoms with E-state index in [1.165, 1.54) is 0 Å². The van der Waals surface area contributed by atoms with Gasteiger partial charge in [-0.1, -0.05) is 27.5 Å². The largest absolute Gasteiger partial charge is 0.255 e. The molecule has 0 fully saturated rings. The third kappa shape index (κ3) is 2.40. The van der Waals surface area contributed by atoms with Crippen molar-refractivity contribution in [2.45, 2.75) is 11.3 Å². The van der Waals surface area contributed by atoms with Crippen LogP contribution in [0.5, 0.6) is 0 Å². The van der Waals surface area contributed by atoms with Crippen molar-refractivity contribution in [3.05, 3.63) is 19.8 Å². The molecular formula is C6H3Br2ClF2S. The molecule has 0 bridgehead atoms. The molecule has 0 aliphatic heterocycles. The normalized spacial score (nSPS) is 13.8. The van der Waals surface area contributed by atoms with Gasteiger partial charge in [0.05, 0.1) is 0 Å². The molecule has 0 N–H and O–H groups in total. The van der Waals surface area contributed by atoms with Crippen molar-refractivity contribution in [1.29, 1.82) is 0 Å². The van der Waals surface area contributed by atoms with Gasteiger partial charge < -0.3 is 0 Å². The summed E-state index contributed by atoms with van der Waals surface area (Å²) < 4.78 is 25.5. The number of hydrogen-bond donors (Lipinski definition) is 0. The smallest absolute Gasteiger partial charge is 0.209 e. The Kier molecular flexibility index (Phi) is 3.95. The van der Waals surface area contributed by atoms with Crippen LogP contribution in [-0.4, -0.2) is 6.43 Å². The molecule has 1 unspecified atom stereocenters. The van der Waals surface area contributed by atoms with E-state index in [0.29, 0.717) is 13.7 Å². The van der Waals surface area contributed by atoms with E-state index in [-0.39, 0.29) is 0 Å². The van der Waals surface area contributed by atoms with Crippen molar-refractivity contribution in [3.8, 4) is 0 Å². The molecule has 0 radical (unpaired) electrons. The molecule has 0 saturated heterocycles. The van der Waals surface area contributed by atoms with E-state index in [1.807, 2.05) is 0 Å². The SMILES string of the molecule is FC(F)C(Br)c1cc(Br)c(Cl)s1. The molecule has 1 rings (SSSR count). The van der Waals surface area contributed by atoms with Crippen LogP contribution in [-0.2, 0) is 0 Å². The van der Waals surface area contributed by atoms with Gasteiger partial charge in [-0.3, -0.25) is 0 Å². The molecule has 1 heterocycles. The van der Waals surface area contributed by atoms with E-state index in [0.717, 1.165) is 11.3 Å². The number of halogens is 5. The van der Waals surface area contributed by atoms with E-state index in [4.69, 9.17) is 11.6 Å². The number of alkyl halides is 3. The highest BCUT2D eigenvalue weighted by atomic mass is 79.9. The van der Waals surface area contributed by atoms with Crippen molar-refractivity contribution < 1.29 is 8.78 Å². The molecule has 0 saturated carbocycles. The monoisotopic (exact) mass is 338 g/mol. The number of hydrogen-bond acceptors (Lipinski definition) is 1. The summed E-state index contributed by atoms with van der Waals surface area (Å²) in [6.45, 7) is 0. The highest BCUT2D eigenvalue weighted by Gasteiger charge is 2.21. The van der Waals surface area contributed by atoms with Gasteiger partial charge in [-0.15, -0.1) is 11.3 Å². The predicted octanol–water partition coefficient (Wildman–Crippen LogP) is 4.87. The lowest BCUT2D eigenvalue weighted by Gasteiger charge is -2.03. The fraction of sp³-hybridized carbons (Fsp3) is 0.333. The minimum absolute atomic E-state index is 0.495. The Morgan fingerprint density at radius 1 is 1.50 bits per heavy atom. The lowest BCUT2D eigenvalue weighted by molar-refractivity contribution is 0.148. The van der Waals surface area contributed by atoms with Crippen LogP contribution in [0.3, 0.4) is 0 Å². The zero-order valence-corrected chi connectivity index (χ0v) is 10.3. The molecule has 0 nitrogen and oxygen atoms in total. The summed E-state index contributed by atoms with van der Waals surface area (Å²) in [6, 6.07) is 1.60. The summed E-state index contributed by atoms with van der Waals surface area (Å²) in [6.07, 6.45) is -2.41. The first kappa shape index (κ1) is 10.9. The van der Waals surface area contributed by atoms with E-state index in [2.05, 4.69) is 31.9 Å². The number of thiophene rings is 1. The minimum Gasteiger partial charge on any atom is -0.209 e. The Morgan fingerprint density at radius 2 is 2.08 bits per heavy atom. The second-order valence-electron chi connectivity index (χ2n) is 2.01. The lowest BCUT2D eigenvalue weighted by Crippen LogP contribution is -1.98. The molecule has 0 aliphatic carbocycles. The van der Waals surface area contributed by atoms with Gasteiger partial charge in [0.1, 0.15) is 9.16 Å². The van der Waals surface area contributed by atoms with E-state index < -0.39 is 11.3 Å². The molecule has 68 valence electrons. The fourth-order valence-corrected chi connectivity index (χ4v) is 2.75. The topological polar surface area (TPSA) is 0 Å². The zero-order valence-electron chi connectivity index (χ0n) is 5.53. The quantitative estimate of drug-likeness (QED) is 0.674. The van der Waals surface area contributed by atoms with Gasteiger partial charge in [-0.05, 0) is 22.0 Å². The van der Waals surface area contributed by atoms with Gasteiger partial charge in [0.2, 0.25) is 0 Å². The van der Waals surface area contributed by atoms with Gasteiger partial charge in [0.15, 0.2) is 0 Å². The van der Waals surface area contributed by atoms with E-state index in [9.17, 15) is 8.78 Å². The molecule has 1 aromatic rings. The first-order valence-electron chi connectivity index (χ1n) is 2.89. The van der Waals surface area contributed by atoms with Crippen LogP contribution in [0.25, 0.3) is 0 Å². The minimum atomic E-state index is -2.41. The van der Waals surface area contributed by atoms with E-state index >= 15 is 0 Å². The van der Waals surface area contributed by atoms with Crippen LogP contribution >= 0.6 is 54.8 Å². The standard InChI is InChI=1S/C6H3Br2ClF2S/c7-2-1-3(12-5(2)9)4(8)6(10)11/h1,4,6H. The molecule has 6 heteroatoms. The van der Waals surface area contributed by atoms with Crippen molar-refractivity contribution in [2.24, 2.45) is 0 Å². The van der Waals surface area contributed by atoms with Crippen molar-refractivity contribution >= 4 is 54.8 Å². The summed E-state index contributed by atoms with van der Waals surface area (Å²) >= 11 is 12.9. The summed E-state index contributed by atoms with van der Waals surface area (Å²) in [5, 5.41) is 0. The van der Waals surface area contributed by atoms with Crippen molar-refractivity contribution in [1.82, 2.24) is 0 Å². The molecule has 0 spiro atoms. The molecule has 0 amide bonds. The molecule has 1 atom stereocenters. The van der Waals surface area contributed by atoms with Gasteiger partial charge >= 0.3 is 0 Å². The Labute approximate surface area is 94.2 Å². The first-order valence-corrected chi connectivity index (χ1v) is 5.79. The fourth-order valence-electron chi connectivity index (χ4n) is 0.623. The van der Waals surface area contributed by atoms with Gasteiger partial charge in [0, 0.05) is 9.35 Å². The van der Waals surface area contributed by atoms with Gasteiger partial charge in [-0.25, -0.2) is 8.78 Å². The maximum Gasteiger partial charge on any atom is 0.255 e. The number of rotatable bonds is 2. The summed E-state index contributed by atoms with van der Waals surface area (Å²) in [5.41, 5.74) is 0. The Morgan fingerprint density at radius 3 is 2.42 bits per heavy atom. The third-order valence-electron chi connectivity index (χ3n) is 1.16. The Bertz CT molecular complexity index is 257. The highest BCUT2D eigenvalue weighted by Crippen LogP contribution is 2.40. The van der Waals surface area contributed by atoms with Gasteiger partial charge in [0.25, 0.3) is 6.43 Å². The molecule has 1 aromatic heterocycles.